The first kappa shape index (κ1) is 25.9. The van der Waals surface area contributed by atoms with Gasteiger partial charge < -0.3 is 19.5 Å². The maximum absolute atomic E-state index is 13.1. The number of nitrogens with zero attached hydrogens (tertiary/aromatic N) is 2. The van der Waals surface area contributed by atoms with Gasteiger partial charge in [0, 0.05) is 25.0 Å². The van der Waals surface area contributed by atoms with E-state index in [1.54, 1.807) is 28.6 Å². The smallest absolute Gasteiger partial charge is 0.337 e. The molecule has 5 aromatic rings. The summed E-state index contributed by atoms with van der Waals surface area (Å²) in [5, 5.41) is 3.46. The molecule has 198 valence electrons. The molecule has 4 aromatic carbocycles. The molecule has 0 aliphatic rings. The fourth-order valence-corrected chi connectivity index (χ4v) is 4.25. The second-order valence-electron chi connectivity index (χ2n) is 9.02. The standard InChI is InChI=1S/C32H31N3O4/c1-24(25-7-6-10-31(23-25)37-2)33-19-22-38-28-15-11-26(12-16-28)34-20-21-35(32(34)36)27-13-17-30(18-14-27)39-29-8-4-3-5-9-29/h3-18,20-21,23-24,33H,19,22H2,1-2H3. The number of hydrogen-bond acceptors (Lipinski definition) is 5. The van der Waals surface area contributed by atoms with Crippen molar-refractivity contribution in [3.63, 3.8) is 0 Å². The molecule has 1 N–H and O–H groups in total. The lowest BCUT2D eigenvalue weighted by atomic mass is 10.1. The van der Waals surface area contributed by atoms with E-state index in [1.165, 1.54) is 0 Å². The summed E-state index contributed by atoms with van der Waals surface area (Å²) in [5.41, 5.74) is 2.53. The van der Waals surface area contributed by atoms with E-state index < -0.39 is 0 Å². The molecule has 0 aliphatic carbocycles. The Morgan fingerprint density at radius 1 is 0.718 bits per heavy atom. The Labute approximate surface area is 227 Å². The molecule has 0 fully saturated rings. The zero-order valence-electron chi connectivity index (χ0n) is 22.0. The predicted molar refractivity (Wildman–Crippen MR) is 153 cm³/mol. The van der Waals surface area contributed by atoms with E-state index in [-0.39, 0.29) is 11.7 Å². The van der Waals surface area contributed by atoms with Crippen LogP contribution in [0.4, 0.5) is 0 Å². The molecule has 0 spiro atoms. The molecule has 0 saturated heterocycles. The Morgan fingerprint density at radius 2 is 1.31 bits per heavy atom. The van der Waals surface area contributed by atoms with Gasteiger partial charge in [-0.2, -0.15) is 0 Å². The number of nitrogens with one attached hydrogen (secondary N) is 1. The summed E-state index contributed by atoms with van der Waals surface area (Å²) < 4.78 is 20.3. The van der Waals surface area contributed by atoms with Crippen molar-refractivity contribution >= 4 is 0 Å². The molecular weight excluding hydrogens is 490 g/mol. The van der Waals surface area contributed by atoms with Crippen molar-refractivity contribution in [2.45, 2.75) is 13.0 Å². The predicted octanol–water partition coefficient (Wildman–Crippen LogP) is 6.16. The monoisotopic (exact) mass is 521 g/mol. The molecule has 1 unspecified atom stereocenters. The van der Waals surface area contributed by atoms with Crippen LogP contribution in [0.5, 0.6) is 23.0 Å². The minimum absolute atomic E-state index is 0.156. The minimum atomic E-state index is -0.156. The maximum atomic E-state index is 13.1. The van der Waals surface area contributed by atoms with Crippen LogP contribution in [0, 0.1) is 0 Å². The summed E-state index contributed by atoms with van der Waals surface area (Å²) in [6, 6.07) is 32.7. The van der Waals surface area contributed by atoms with Gasteiger partial charge in [-0.3, -0.25) is 9.13 Å². The molecule has 0 saturated carbocycles. The normalized spacial score (nSPS) is 11.6. The van der Waals surface area contributed by atoms with Gasteiger partial charge in [-0.05, 0) is 85.3 Å². The van der Waals surface area contributed by atoms with Gasteiger partial charge in [0.25, 0.3) is 0 Å². The van der Waals surface area contributed by atoms with E-state index >= 15 is 0 Å². The maximum Gasteiger partial charge on any atom is 0.337 e. The van der Waals surface area contributed by atoms with Crippen LogP contribution in [0.15, 0.2) is 120 Å². The van der Waals surface area contributed by atoms with Crippen molar-refractivity contribution in [1.82, 2.24) is 14.5 Å². The second kappa shape index (κ2) is 12.2. The summed E-state index contributed by atoms with van der Waals surface area (Å²) in [5.74, 6) is 3.06. The minimum Gasteiger partial charge on any atom is -0.497 e. The fourth-order valence-electron chi connectivity index (χ4n) is 4.25. The van der Waals surface area contributed by atoms with Crippen molar-refractivity contribution in [3.8, 4) is 34.4 Å². The average Bonchev–Trinajstić information content (AvgIpc) is 3.37. The van der Waals surface area contributed by atoms with Gasteiger partial charge in [-0.25, -0.2) is 4.79 Å². The summed E-state index contributed by atoms with van der Waals surface area (Å²) in [6.45, 7) is 3.33. The summed E-state index contributed by atoms with van der Waals surface area (Å²) in [6.07, 6.45) is 3.52. The molecule has 7 nitrogen and oxygen atoms in total. The van der Waals surface area contributed by atoms with Gasteiger partial charge in [0.05, 0.1) is 18.5 Å². The van der Waals surface area contributed by atoms with E-state index in [9.17, 15) is 4.79 Å². The van der Waals surface area contributed by atoms with Crippen LogP contribution in [0.2, 0.25) is 0 Å². The highest BCUT2D eigenvalue weighted by atomic mass is 16.5. The lowest BCUT2D eigenvalue weighted by Gasteiger charge is -2.15. The van der Waals surface area contributed by atoms with E-state index in [0.29, 0.717) is 18.9 Å². The van der Waals surface area contributed by atoms with E-state index in [4.69, 9.17) is 14.2 Å². The van der Waals surface area contributed by atoms with Gasteiger partial charge in [0.1, 0.15) is 29.6 Å². The number of aromatic nitrogens is 2. The number of rotatable bonds is 11. The Balaban J connectivity index is 1.16. The molecule has 0 amide bonds. The number of para-hydroxylation sites is 1. The van der Waals surface area contributed by atoms with Gasteiger partial charge in [0.15, 0.2) is 0 Å². The highest BCUT2D eigenvalue weighted by Crippen LogP contribution is 2.22. The van der Waals surface area contributed by atoms with Crippen molar-refractivity contribution in [1.29, 1.82) is 0 Å². The SMILES string of the molecule is COc1cccc(C(C)NCCOc2ccc(-n3ccn(-c4ccc(Oc5ccccc5)cc4)c3=O)cc2)c1. The quantitative estimate of drug-likeness (QED) is 0.211. The zero-order chi connectivity index (χ0) is 27.0. The van der Waals surface area contributed by atoms with E-state index in [1.807, 2.05) is 97.1 Å². The summed E-state index contributed by atoms with van der Waals surface area (Å²) in [4.78, 5) is 13.1. The molecule has 39 heavy (non-hydrogen) atoms. The van der Waals surface area contributed by atoms with Crippen LogP contribution in [0.25, 0.3) is 11.4 Å². The second-order valence-corrected chi connectivity index (χ2v) is 9.02. The lowest BCUT2D eigenvalue weighted by molar-refractivity contribution is 0.307. The average molecular weight is 522 g/mol. The largest absolute Gasteiger partial charge is 0.497 e. The Kier molecular flexibility index (Phi) is 8.09. The Hall–Kier alpha value is -4.75. The topological polar surface area (TPSA) is 66.7 Å². The molecule has 1 atom stereocenters. The van der Waals surface area contributed by atoms with Crippen molar-refractivity contribution in [2.75, 3.05) is 20.3 Å². The van der Waals surface area contributed by atoms with Gasteiger partial charge in [-0.15, -0.1) is 0 Å². The number of imidazole rings is 1. The third-order valence-corrected chi connectivity index (χ3v) is 6.40. The first-order chi connectivity index (χ1) is 19.1. The fraction of sp³-hybridized carbons (Fsp3) is 0.156. The van der Waals surface area contributed by atoms with E-state index in [0.717, 1.165) is 34.2 Å². The van der Waals surface area contributed by atoms with Gasteiger partial charge in [-0.1, -0.05) is 30.3 Å². The molecule has 7 heteroatoms. The first-order valence-electron chi connectivity index (χ1n) is 12.8. The van der Waals surface area contributed by atoms with Crippen LogP contribution in [-0.2, 0) is 0 Å². The summed E-state index contributed by atoms with van der Waals surface area (Å²) in [7, 11) is 1.67. The molecule has 5 rings (SSSR count). The van der Waals surface area contributed by atoms with Gasteiger partial charge >= 0.3 is 5.69 Å². The molecule has 0 aliphatic heterocycles. The van der Waals surface area contributed by atoms with Crippen molar-refractivity contribution < 1.29 is 14.2 Å². The van der Waals surface area contributed by atoms with Gasteiger partial charge in [0.2, 0.25) is 0 Å². The van der Waals surface area contributed by atoms with Crippen LogP contribution < -0.4 is 25.2 Å². The highest BCUT2D eigenvalue weighted by Gasteiger charge is 2.09. The number of hydrogen-bond donors (Lipinski definition) is 1. The first-order valence-corrected chi connectivity index (χ1v) is 12.8. The van der Waals surface area contributed by atoms with Crippen LogP contribution >= 0.6 is 0 Å². The summed E-state index contributed by atoms with van der Waals surface area (Å²) >= 11 is 0. The molecule has 1 heterocycles. The molecule has 0 bridgehead atoms. The van der Waals surface area contributed by atoms with Crippen LogP contribution in [0.3, 0.4) is 0 Å². The van der Waals surface area contributed by atoms with Crippen molar-refractivity contribution in [2.24, 2.45) is 0 Å². The van der Waals surface area contributed by atoms with E-state index in [2.05, 4.69) is 18.3 Å². The van der Waals surface area contributed by atoms with Crippen LogP contribution in [-0.4, -0.2) is 29.4 Å². The highest BCUT2D eigenvalue weighted by molar-refractivity contribution is 5.41. The molecule has 0 radical (unpaired) electrons. The number of methoxy groups -OCH3 is 1. The number of benzene rings is 4. The third kappa shape index (κ3) is 6.40. The van der Waals surface area contributed by atoms with Crippen LogP contribution in [0.1, 0.15) is 18.5 Å². The molecular formula is C32H31N3O4. The molecule has 1 aromatic heterocycles. The third-order valence-electron chi connectivity index (χ3n) is 6.40. The Bertz CT molecular complexity index is 1540. The number of ether oxygens (including phenoxy) is 3. The van der Waals surface area contributed by atoms with Crippen molar-refractivity contribution in [3.05, 3.63) is 132 Å². The lowest BCUT2D eigenvalue weighted by Crippen LogP contribution is -2.24. The zero-order valence-corrected chi connectivity index (χ0v) is 22.0. The Morgan fingerprint density at radius 3 is 1.95 bits per heavy atom.